The van der Waals surface area contributed by atoms with Gasteiger partial charge in [0.05, 0.1) is 12.2 Å². The van der Waals surface area contributed by atoms with Gasteiger partial charge in [-0.2, -0.15) is 0 Å². The van der Waals surface area contributed by atoms with E-state index in [1.165, 1.54) is 0 Å². The lowest BCUT2D eigenvalue weighted by Crippen LogP contribution is -2.49. The van der Waals surface area contributed by atoms with Gasteiger partial charge in [-0.25, -0.2) is 0 Å². The van der Waals surface area contributed by atoms with Crippen LogP contribution in [0.4, 0.5) is 0 Å². The van der Waals surface area contributed by atoms with Crippen LogP contribution in [0.1, 0.15) is 19.3 Å². The van der Waals surface area contributed by atoms with E-state index in [2.05, 4.69) is 10.6 Å². The topological polar surface area (TPSA) is 64.5 Å². The number of halogens is 2. The van der Waals surface area contributed by atoms with Gasteiger partial charge in [0.25, 0.3) is 0 Å². The van der Waals surface area contributed by atoms with E-state index in [1.54, 1.807) is 0 Å². The van der Waals surface area contributed by atoms with Gasteiger partial charge in [-0.3, -0.25) is 0 Å². The molecule has 1 spiro atoms. The fourth-order valence-corrected chi connectivity index (χ4v) is 2.46. The summed E-state index contributed by atoms with van der Waals surface area (Å²) in [6.45, 7) is 2.48. The van der Waals surface area contributed by atoms with Crippen LogP contribution < -0.4 is 10.6 Å². The van der Waals surface area contributed by atoms with Crippen molar-refractivity contribution in [1.82, 2.24) is 10.6 Å². The smallest absolute Gasteiger partial charge is 0.0993 e. The van der Waals surface area contributed by atoms with Gasteiger partial charge in [0.2, 0.25) is 0 Å². The van der Waals surface area contributed by atoms with E-state index in [0.717, 1.165) is 32.4 Å². The minimum Gasteiger partial charge on any atom is -0.389 e. The van der Waals surface area contributed by atoms with Gasteiger partial charge < -0.3 is 20.8 Å². The third kappa shape index (κ3) is 2.96. The molecule has 0 radical (unpaired) electrons. The average Bonchev–Trinajstić information content (AvgIpc) is 2.38. The van der Waals surface area contributed by atoms with Gasteiger partial charge in [-0.05, 0) is 32.4 Å². The molecule has 2 aliphatic heterocycles. The van der Waals surface area contributed by atoms with E-state index < -0.39 is 12.2 Å². The van der Waals surface area contributed by atoms with Gasteiger partial charge >= 0.3 is 0 Å². The summed E-state index contributed by atoms with van der Waals surface area (Å²) in [7, 11) is 0. The highest BCUT2D eigenvalue weighted by Gasteiger charge is 2.46. The van der Waals surface area contributed by atoms with Crippen molar-refractivity contribution in [3.05, 3.63) is 0 Å². The molecule has 2 saturated heterocycles. The Morgan fingerprint density at radius 2 is 1.80 bits per heavy atom. The summed E-state index contributed by atoms with van der Waals surface area (Å²) < 4.78 is 0. The first-order chi connectivity index (χ1) is 6.25. The number of aliphatic hydroxyl groups is 2. The minimum absolute atomic E-state index is 0. The maximum Gasteiger partial charge on any atom is 0.0993 e. The quantitative estimate of drug-likeness (QED) is 0.481. The standard InChI is InChI=1S/C9H18N2O2.2ClH/c12-7-6-11-9(8(7)13)2-1-4-10-5-3-9;;/h7-8,10-13H,1-6H2;2*1H. The summed E-state index contributed by atoms with van der Waals surface area (Å²) in [6, 6.07) is 0. The van der Waals surface area contributed by atoms with Crippen LogP contribution in [0, 0.1) is 0 Å². The van der Waals surface area contributed by atoms with E-state index in [9.17, 15) is 10.2 Å². The predicted molar refractivity (Wildman–Crippen MR) is 64.0 cm³/mol. The summed E-state index contributed by atoms with van der Waals surface area (Å²) in [6.07, 6.45) is 1.76. The fourth-order valence-electron chi connectivity index (χ4n) is 2.46. The van der Waals surface area contributed by atoms with Crippen molar-refractivity contribution in [2.45, 2.75) is 37.0 Å². The predicted octanol–water partition coefficient (Wildman–Crippen LogP) is -0.333. The molecule has 92 valence electrons. The molecular formula is C9H20Cl2N2O2. The first-order valence-electron chi connectivity index (χ1n) is 5.06. The lowest BCUT2D eigenvalue weighted by molar-refractivity contribution is 0.00656. The van der Waals surface area contributed by atoms with Crippen molar-refractivity contribution in [3.8, 4) is 0 Å². The average molecular weight is 259 g/mol. The van der Waals surface area contributed by atoms with E-state index >= 15 is 0 Å². The first-order valence-corrected chi connectivity index (χ1v) is 5.06. The zero-order chi connectivity index (χ0) is 9.31. The number of nitrogens with one attached hydrogen (secondary N) is 2. The number of aliphatic hydroxyl groups excluding tert-OH is 2. The molecule has 4 nitrogen and oxygen atoms in total. The first kappa shape index (κ1) is 15.4. The SMILES string of the molecule is Cl.Cl.OC1CNC2(CCCNCC2)C1O. The Balaban J connectivity index is 0.000000980. The molecule has 2 aliphatic rings. The second-order valence-electron chi connectivity index (χ2n) is 4.15. The lowest BCUT2D eigenvalue weighted by Gasteiger charge is -2.31. The second-order valence-corrected chi connectivity index (χ2v) is 4.15. The second kappa shape index (κ2) is 6.23. The van der Waals surface area contributed by atoms with Crippen LogP contribution in [-0.4, -0.2) is 47.6 Å². The summed E-state index contributed by atoms with van der Waals surface area (Å²) in [5.41, 5.74) is -0.219. The maximum absolute atomic E-state index is 9.86. The molecule has 2 heterocycles. The number of hydrogen-bond donors (Lipinski definition) is 4. The summed E-state index contributed by atoms with van der Waals surface area (Å²) >= 11 is 0. The maximum atomic E-state index is 9.86. The monoisotopic (exact) mass is 258 g/mol. The van der Waals surface area contributed by atoms with Crippen LogP contribution in [-0.2, 0) is 0 Å². The van der Waals surface area contributed by atoms with Gasteiger partial charge in [0.1, 0.15) is 0 Å². The highest BCUT2D eigenvalue weighted by Crippen LogP contribution is 2.29. The summed E-state index contributed by atoms with van der Waals surface area (Å²) in [5.74, 6) is 0. The minimum atomic E-state index is -0.590. The molecule has 4 N–H and O–H groups in total. The lowest BCUT2D eigenvalue weighted by atomic mass is 9.86. The summed E-state index contributed by atoms with van der Waals surface area (Å²) in [5, 5.41) is 25.9. The molecule has 2 rings (SSSR count). The normalized spacial score (nSPS) is 40.4. The van der Waals surface area contributed by atoms with E-state index in [4.69, 9.17) is 0 Å². The van der Waals surface area contributed by atoms with Crippen molar-refractivity contribution >= 4 is 24.8 Å². The molecular weight excluding hydrogens is 239 g/mol. The van der Waals surface area contributed by atoms with Gasteiger partial charge in [-0.1, -0.05) is 0 Å². The molecule has 0 bridgehead atoms. The third-order valence-corrected chi connectivity index (χ3v) is 3.32. The Morgan fingerprint density at radius 1 is 1.07 bits per heavy atom. The van der Waals surface area contributed by atoms with E-state index in [-0.39, 0.29) is 30.4 Å². The van der Waals surface area contributed by atoms with Crippen molar-refractivity contribution in [3.63, 3.8) is 0 Å². The molecule has 3 atom stereocenters. The van der Waals surface area contributed by atoms with Crippen LogP contribution in [0.15, 0.2) is 0 Å². The number of hydrogen-bond acceptors (Lipinski definition) is 4. The molecule has 15 heavy (non-hydrogen) atoms. The fraction of sp³-hybridized carbons (Fsp3) is 1.00. The van der Waals surface area contributed by atoms with Crippen molar-refractivity contribution in [1.29, 1.82) is 0 Å². The molecule has 6 heteroatoms. The van der Waals surface area contributed by atoms with Crippen LogP contribution in [0.5, 0.6) is 0 Å². The van der Waals surface area contributed by atoms with E-state index in [0.29, 0.717) is 6.54 Å². The third-order valence-electron chi connectivity index (χ3n) is 3.32. The summed E-state index contributed by atoms with van der Waals surface area (Å²) in [4.78, 5) is 0. The highest BCUT2D eigenvalue weighted by atomic mass is 35.5. The zero-order valence-electron chi connectivity index (χ0n) is 8.61. The Bertz CT molecular complexity index is 187. The molecule has 0 aromatic carbocycles. The molecule has 0 saturated carbocycles. The highest BCUT2D eigenvalue weighted by molar-refractivity contribution is 5.85. The van der Waals surface area contributed by atoms with Gasteiger partial charge in [0, 0.05) is 12.1 Å². The van der Waals surface area contributed by atoms with Gasteiger partial charge in [0.15, 0.2) is 0 Å². The Kier molecular flexibility index (Phi) is 6.40. The van der Waals surface area contributed by atoms with Gasteiger partial charge in [-0.15, -0.1) is 24.8 Å². The van der Waals surface area contributed by atoms with Crippen molar-refractivity contribution in [2.75, 3.05) is 19.6 Å². The molecule has 0 amide bonds. The largest absolute Gasteiger partial charge is 0.389 e. The van der Waals surface area contributed by atoms with Crippen LogP contribution >= 0.6 is 24.8 Å². The van der Waals surface area contributed by atoms with Crippen LogP contribution in [0.3, 0.4) is 0 Å². The Labute approximate surface area is 103 Å². The Hall–Kier alpha value is 0.420. The number of β-amino-alcohol motifs (C(OH)–C–C–N with tert-alkyl or cyclic N) is 1. The molecule has 0 aromatic heterocycles. The molecule has 3 unspecified atom stereocenters. The zero-order valence-corrected chi connectivity index (χ0v) is 10.2. The van der Waals surface area contributed by atoms with Crippen LogP contribution in [0.2, 0.25) is 0 Å². The van der Waals surface area contributed by atoms with E-state index in [1.807, 2.05) is 0 Å². The Morgan fingerprint density at radius 3 is 2.40 bits per heavy atom. The van der Waals surface area contributed by atoms with Crippen LogP contribution in [0.25, 0.3) is 0 Å². The molecule has 0 aromatic rings. The number of rotatable bonds is 0. The van der Waals surface area contributed by atoms with Crippen molar-refractivity contribution in [2.24, 2.45) is 0 Å². The molecule has 2 fully saturated rings. The molecule has 0 aliphatic carbocycles. The van der Waals surface area contributed by atoms with Crippen molar-refractivity contribution < 1.29 is 10.2 Å².